The van der Waals surface area contributed by atoms with Crippen molar-refractivity contribution in [3.63, 3.8) is 0 Å². The fourth-order valence-corrected chi connectivity index (χ4v) is 1.94. The van der Waals surface area contributed by atoms with Crippen molar-refractivity contribution in [1.82, 2.24) is 25.5 Å². The minimum atomic E-state index is -0.222. The van der Waals surface area contributed by atoms with Gasteiger partial charge in [-0.2, -0.15) is 4.80 Å². The zero-order valence-corrected chi connectivity index (χ0v) is 10.5. The SMILES string of the molecule is CNCC(Cc1nnn(C)n1)c1cccc(F)c1. The molecule has 1 heterocycles. The second kappa shape index (κ2) is 5.68. The molecule has 6 heteroatoms. The second-order valence-electron chi connectivity index (χ2n) is 4.21. The van der Waals surface area contributed by atoms with Gasteiger partial charge in [0.25, 0.3) is 0 Å². The lowest BCUT2D eigenvalue weighted by Crippen LogP contribution is -2.19. The maximum absolute atomic E-state index is 13.2. The Kier molecular flexibility index (Phi) is 3.99. The molecule has 1 N–H and O–H groups in total. The van der Waals surface area contributed by atoms with E-state index in [-0.39, 0.29) is 11.7 Å². The van der Waals surface area contributed by atoms with Gasteiger partial charge in [-0.05, 0) is 30.0 Å². The van der Waals surface area contributed by atoms with Gasteiger partial charge in [0.1, 0.15) is 5.82 Å². The first-order valence-electron chi connectivity index (χ1n) is 5.82. The van der Waals surface area contributed by atoms with Gasteiger partial charge in [-0.3, -0.25) is 0 Å². The highest BCUT2D eigenvalue weighted by Gasteiger charge is 2.15. The molecular formula is C12H16FN5. The molecule has 1 aromatic carbocycles. The Morgan fingerprint density at radius 2 is 2.28 bits per heavy atom. The summed E-state index contributed by atoms with van der Waals surface area (Å²) < 4.78 is 13.2. The van der Waals surface area contributed by atoms with Crippen LogP contribution in [0.25, 0.3) is 0 Å². The molecule has 0 fully saturated rings. The molecule has 0 spiro atoms. The molecule has 1 unspecified atom stereocenters. The predicted octanol–water partition coefficient (Wildman–Crippen LogP) is 0.895. The molecule has 0 saturated heterocycles. The van der Waals surface area contributed by atoms with Crippen LogP contribution in [0.1, 0.15) is 17.3 Å². The third-order valence-corrected chi connectivity index (χ3v) is 2.75. The van der Waals surface area contributed by atoms with Crippen molar-refractivity contribution < 1.29 is 4.39 Å². The summed E-state index contributed by atoms with van der Waals surface area (Å²) in [7, 11) is 3.60. The first-order chi connectivity index (χ1) is 8.69. The molecule has 2 rings (SSSR count). The van der Waals surface area contributed by atoms with Crippen LogP contribution in [0.15, 0.2) is 24.3 Å². The number of hydrogen-bond acceptors (Lipinski definition) is 4. The van der Waals surface area contributed by atoms with E-state index in [1.54, 1.807) is 19.2 Å². The molecule has 1 aromatic heterocycles. The van der Waals surface area contributed by atoms with E-state index in [4.69, 9.17) is 0 Å². The summed E-state index contributed by atoms with van der Waals surface area (Å²) in [4.78, 5) is 1.43. The van der Waals surface area contributed by atoms with Crippen molar-refractivity contribution >= 4 is 0 Å². The number of hydrogen-bond donors (Lipinski definition) is 1. The predicted molar refractivity (Wildman–Crippen MR) is 65.6 cm³/mol. The number of nitrogens with one attached hydrogen (secondary N) is 1. The Morgan fingerprint density at radius 1 is 1.44 bits per heavy atom. The lowest BCUT2D eigenvalue weighted by atomic mass is 9.95. The van der Waals surface area contributed by atoms with Gasteiger partial charge in [0.05, 0.1) is 7.05 Å². The van der Waals surface area contributed by atoms with E-state index in [0.29, 0.717) is 12.2 Å². The first kappa shape index (κ1) is 12.6. The topological polar surface area (TPSA) is 55.6 Å². The summed E-state index contributed by atoms with van der Waals surface area (Å²) in [6, 6.07) is 6.64. The van der Waals surface area contributed by atoms with Crippen LogP contribution in [0.4, 0.5) is 4.39 Å². The average Bonchev–Trinajstić information content (AvgIpc) is 2.74. The molecule has 0 bridgehead atoms. The molecule has 0 saturated carbocycles. The van der Waals surface area contributed by atoms with E-state index in [9.17, 15) is 4.39 Å². The molecular weight excluding hydrogens is 233 g/mol. The molecule has 0 aliphatic heterocycles. The van der Waals surface area contributed by atoms with Crippen molar-refractivity contribution in [2.24, 2.45) is 7.05 Å². The van der Waals surface area contributed by atoms with Gasteiger partial charge in [-0.15, -0.1) is 10.2 Å². The van der Waals surface area contributed by atoms with Crippen LogP contribution < -0.4 is 5.32 Å². The first-order valence-corrected chi connectivity index (χ1v) is 5.82. The van der Waals surface area contributed by atoms with Crippen LogP contribution in [-0.2, 0) is 13.5 Å². The summed E-state index contributed by atoms with van der Waals surface area (Å²) in [5.41, 5.74) is 0.941. The highest BCUT2D eigenvalue weighted by molar-refractivity contribution is 5.22. The van der Waals surface area contributed by atoms with Gasteiger partial charge in [0.15, 0.2) is 5.82 Å². The number of likely N-dealkylation sites (N-methyl/N-ethyl adjacent to an activating group) is 1. The fourth-order valence-electron chi connectivity index (χ4n) is 1.94. The number of benzene rings is 1. The third-order valence-electron chi connectivity index (χ3n) is 2.75. The molecule has 2 aromatic rings. The molecule has 0 amide bonds. The van der Waals surface area contributed by atoms with Crippen LogP contribution in [-0.4, -0.2) is 33.8 Å². The Hall–Kier alpha value is -1.82. The molecule has 0 aliphatic rings. The van der Waals surface area contributed by atoms with E-state index in [2.05, 4.69) is 20.7 Å². The normalized spacial score (nSPS) is 12.6. The fraction of sp³-hybridized carbons (Fsp3) is 0.417. The number of aromatic nitrogens is 4. The van der Waals surface area contributed by atoms with Crippen LogP contribution in [0.2, 0.25) is 0 Å². The van der Waals surface area contributed by atoms with Crippen molar-refractivity contribution in [3.8, 4) is 0 Å². The van der Waals surface area contributed by atoms with Crippen molar-refractivity contribution in [3.05, 3.63) is 41.5 Å². The van der Waals surface area contributed by atoms with Crippen molar-refractivity contribution in [1.29, 1.82) is 0 Å². The van der Waals surface area contributed by atoms with Crippen LogP contribution >= 0.6 is 0 Å². The van der Waals surface area contributed by atoms with E-state index >= 15 is 0 Å². The van der Waals surface area contributed by atoms with E-state index in [1.807, 2.05) is 13.1 Å². The van der Waals surface area contributed by atoms with Gasteiger partial charge in [-0.1, -0.05) is 12.1 Å². The minimum Gasteiger partial charge on any atom is -0.319 e. The highest BCUT2D eigenvalue weighted by atomic mass is 19.1. The third kappa shape index (κ3) is 3.10. The Bertz CT molecular complexity index is 511. The molecule has 96 valence electrons. The summed E-state index contributed by atoms with van der Waals surface area (Å²) in [5.74, 6) is 0.581. The Balaban J connectivity index is 2.17. The van der Waals surface area contributed by atoms with Gasteiger partial charge in [-0.25, -0.2) is 4.39 Å². The Labute approximate surface area is 105 Å². The van der Waals surface area contributed by atoms with E-state index < -0.39 is 0 Å². The van der Waals surface area contributed by atoms with Gasteiger partial charge >= 0.3 is 0 Å². The smallest absolute Gasteiger partial charge is 0.175 e. The summed E-state index contributed by atoms with van der Waals surface area (Å²) >= 11 is 0. The monoisotopic (exact) mass is 249 g/mol. The molecule has 1 atom stereocenters. The lowest BCUT2D eigenvalue weighted by Gasteiger charge is -2.15. The number of halogens is 1. The number of rotatable bonds is 5. The van der Waals surface area contributed by atoms with Gasteiger partial charge in [0.2, 0.25) is 0 Å². The van der Waals surface area contributed by atoms with Crippen LogP contribution in [0.3, 0.4) is 0 Å². The lowest BCUT2D eigenvalue weighted by molar-refractivity contribution is 0.587. The average molecular weight is 249 g/mol. The zero-order chi connectivity index (χ0) is 13.0. The highest BCUT2D eigenvalue weighted by Crippen LogP contribution is 2.19. The quantitative estimate of drug-likeness (QED) is 0.855. The molecule has 18 heavy (non-hydrogen) atoms. The molecule has 0 aliphatic carbocycles. The summed E-state index contributed by atoms with van der Waals surface area (Å²) in [6.07, 6.45) is 0.637. The maximum Gasteiger partial charge on any atom is 0.175 e. The van der Waals surface area contributed by atoms with Crippen molar-refractivity contribution in [2.45, 2.75) is 12.3 Å². The van der Waals surface area contributed by atoms with E-state index in [1.165, 1.54) is 10.9 Å². The number of aryl methyl sites for hydroxylation is 1. The van der Waals surface area contributed by atoms with Gasteiger partial charge < -0.3 is 5.32 Å². The van der Waals surface area contributed by atoms with Crippen LogP contribution in [0, 0.1) is 5.82 Å². The standard InChI is InChI=1S/C12H16FN5/c1-14-8-10(7-12-15-17-18(2)16-12)9-4-3-5-11(13)6-9/h3-6,10,14H,7-8H2,1-2H3. The van der Waals surface area contributed by atoms with Crippen molar-refractivity contribution in [2.75, 3.05) is 13.6 Å². The number of tetrazole rings is 1. The van der Waals surface area contributed by atoms with E-state index in [0.717, 1.165) is 12.1 Å². The summed E-state index contributed by atoms with van der Waals surface area (Å²) in [6.45, 7) is 0.738. The number of nitrogens with zero attached hydrogens (tertiary/aromatic N) is 4. The van der Waals surface area contributed by atoms with Gasteiger partial charge in [0, 0.05) is 18.9 Å². The molecule has 0 radical (unpaired) electrons. The molecule has 5 nitrogen and oxygen atoms in total. The zero-order valence-electron chi connectivity index (χ0n) is 10.5. The maximum atomic E-state index is 13.2. The largest absolute Gasteiger partial charge is 0.319 e. The second-order valence-corrected chi connectivity index (χ2v) is 4.21. The Morgan fingerprint density at radius 3 is 2.89 bits per heavy atom. The van der Waals surface area contributed by atoms with Crippen LogP contribution in [0.5, 0.6) is 0 Å². The summed E-state index contributed by atoms with van der Waals surface area (Å²) in [5, 5.41) is 15.0. The minimum absolute atomic E-state index is 0.134.